The lowest BCUT2D eigenvalue weighted by atomic mass is 10.2. The van der Waals surface area contributed by atoms with E-state index in [1.165, 1.54) is 0 Å². The predicted molar refractivity (Wildman–Crippen MR) is 75.8 cm³/mol. The van der Waals surface area contributed by atoms with Crippen LogP contribution in [0.3, 0.4) is 0 Å². The second-order valence-electron chi connectivity index (χ2n) is 5.61. The number of furan rings is 1. The maximum absolute atomic E-state index is 12.7. The van der Waals surface area contributed by atoms with Crippen LogP contribution >= 0.6 is 0 Å². The van der Waals surface area contributed by atoms with Gasteiger partial charge in [-0.1, -0.05) is 13.8 Å². The summed E-state index contributed by atoms with van der Waals surface area (Å²) in [4.78, 5) is 14.5. The first-order chi connectivity index (χ1) is 9.66. The zero-order valence-electron chi connectivity index (χ0n) is 12.0. The number of carbonyl (C=O) groups is 1. The van der Waals surface area contributed by atoms with E-state index in [0.29, 0.717) is 32.2 Å². The van der Waals surface area contributed by atoms with Crippen molar-refractivity contribution in [3.63, 3.8) is 0 Å². The summed E-state index contributed by atoms with van der Waals surface area (Å²) < 4.78 is 12.8. The molecule has 5 heteroatoms. The maximum Gasteiger partial charge on any atom is 0.270 e. The summed E-state index contributed by atoms with van der Waals surface area (Å²) in [5.41, 5.74) is 2.49. The van der Waals surface area contributed by atoms with Gasteiger partial charge in [-0.05, 0) is 5.92 Å². The van der Waals surface area contributed by atoms with Gasteiger partial charge in [-0.3, -0.25) is 4.79 Å². The molecule has 108 valence electrons. The molecule has 0 N–H and O–H groups in total. The third kappa shape index (κ3) is 2.33. The van der Waals surface area contributed by atoms with Crippen LogP contribution in [0.15, 0.2) is 22.8 Å². The van der Waals surface area contributed by atoms with Gasteiger partial charge in [0.05, 0.1) is 25.0 Å². The van der Waals surface area contributed by atoms with Gasteiger partial charge >= 0.3 is 0 Å². The summed E-state index contributed by atoms with van der Waals surface area (Å²) >= 11 is 0. The Morgan fingerprint density at radius 3 is 2.80 bits per heavy atom. The topological polar surface area (TPSA) is 47.6 Å². The predicted octanol–water partition coefficient (Wildman–Crippen LogP) is 2.36. The van der Waals surface area contributed by atoms with Gasteiger partial charge in [-0.15, -0.1) is 0 Å². The highest BCUT2D eigenvalue weighted by atomic mass is 16.5. The highest BCUT2D eigenvalue weighted by Crippen LogP contribution is 2.23. The molecule has 1 aliphatic rings. The van der Waals surface area contributed by atoms with E-state index in [4.69, 9.17) is 9.15 Å². The van der Waals surface area contributed by atoms with Crippen molar-refractivity contribution < 1.29 is 13.9 Å². The molecule has 3 rings (SSSR count). The van der Waals surface area contributed by atoms with Crippen LogP contribution in [0.5, 0.6) is 0 Å². The minimum absolute atomic E-state index is 0.0698. The molecule has 1 amide bonds. The van der Waals surface area contributed by atoms with Gasteiger partial charge in [-0.25, -0.2) is 0 Å². The second-order valence-corrected chi connectivity index (χ2v) is 5.61. The molecule has 0 bridgehead atoms. The van der Waals surface area contributed by atoms with E-state index in [9.17, 15) is 4.79 Å². The van der Waals surface area contributed by atoms with Gasteiger partial charge in [0, 0.05) is 31.8 Å². The SMILES string of the molecule is CC(C)Cn1c(C(=O)N2CCOCC2)cc2occc21. The molecule has 1 fully saturated rings. The van der Waals surface area contributed by atoms with Crippen molar-refractivity contribution in [1.29, 1.82) is 0 Å². The molecule has 1 aliphatic heterocycles. The number of hydrogen-bond acceptors (Lipinski definition) is 3. The van der Waals surface area contributed by atoms with Crippen molar-refractivity contribution >= 4 is 17.0 Å². The van der Waals surface area contributed by atoms with Crippen LogP contribution in [-0.2, 0) is 11.3 Å². The first-order valence-corrected chi connectivity index (χ1v) is 7.10. The maximum atomic E-state index is 12.7. The van der Waals surface area contributed by atoms with Crippen LogP contribution in [0.4, 0.5) is 0 Å². The van der Waals surface area contributed by atoms with Crippen LogP contribution in [0.25, 0.3) is 11.1 Å². The Kier molecular flexibility index (Phi) is 3.53. The number of ether oxygens (including phenoxy) is 1. The van der Waals surface area contributed by atoms with Crippen molar-refractivity contribution in [1.82, 2.24) is 9.47 Å². The molecule has 3 heterocycles. The molecule has 2 aromatic rings. The molecule has 1 saturated heterocycles. The largest absolute Gasteiger partial charge is 0.463 e. The van der Waals surface area contributed by atoms with Crippen LogP contribution in [0.2, 0.25) is 0 Å². The fraction of sp³-hybridized carbons (Fsp3) is 0.533. The number of carbonyl (C=O) groups excluding carboxylic acids is 1. The third-order valence-corrected chi connectivity index (χ3v) is 3.59. The molecule has 0 aromatic carbocycles. The molecule has 20 heavy (non-hydrogen) atoms. The molecular formula is C15H20N2O3. The normalized spacial score (nSPS) is 16.2. The Labute approximate surface area is 118 Å². The number of morpholine rings is 1. The zero-order chi connectivity index (χ0) is 14.1. The molecule has 0 aliphatic carbocycles. The monoisotopic (exact) mass is 276 g/mol. The summed E-state index contributed by atoms with van der Waals surface area (Å²) in [6.07, 6.45) is 1.67. The first-order valence-electron chi connectivity index (χ1n) is 7.10. The van der Waals surface area contributed by atoms with Crippen molar-refractivity contribution in [3.05, 3.63) is 24.1 Å². The van der Waals surface area contributed by atoms with Crippen molar-refractivity contribution in [2.45, 2.75) is 20.4 Å². The first kappa shape index (κ1) is 13.2. The lowest BCUT2D eigenvalue weighted by molar-refractivity contribution is 0.0295. The molecular weight excluding hydrogens is 256 g/mol. The van der Waals surface area contributed by atoms with E-state index in [1.54, 1.807) is 6.26 Å². The Morgan fingerprint density at radius 1 is 1.35 bits per heavy atom. The van der Waals surface area contributed by atoms with Gasteiger partial charge in [-0.2, -0.15) is 0 Å². The average molecular weight is 276 g/mol. The summed E-state index contributed by atoms with van der Waals surface area (Å²) in [5, 5.41) is 0. The van der Waals surface area contributed by atoms with Gasteiger partial charge in [0.2, 0.25) is 0 Å². The summed E-state index contributed by atoms with van der Waals surface area (Å²) in [6, 6.07) is 3.78. The van der Waals surface area contributed by atoms with E-state index in [0.717, 1.165) is 23.3 Å². The van der Waals surface area contributed by atoms with Crippen molar-refractivity contribution in [2.24, 2.45) is 5.92 Å². The molecule has 0 atom stereocenters. The lowest BCUT2D eigenvalue weighted by Gasteiger charge is -2.27. The highest BCUT2D eigenvalue weighted by molar-refractivity contribution is 5.97. The number of hydrogen-bond donors (Lipinski definition) is 0. The fourth-order valence-corrected chi connectivity index (χ4v) is 2.64. The average Bonchev–Trinajstić information content (AvgIpc) is 3.01. The van der Waals surface area contributed by atoms with E-state index in [1.807, 2.05) is 17.0 Å². The van der Waals surface area contributed by atoms with Crippen LogP contribution in [0.1, 0.15) is 24.3 Å². The van der Waals surface area contributed by atoms with E-state index < -0.39 is 0 Å². The smallest absolute Gasteiger partial charge is 0.270 e. The number of nitrogens with zero attached hydrogens (tertiary/aromatic N) is 2. The van der Waals surface area contributed by atoms with Gasteiger partial charge < -0.3 is 18.6 Å². The molecule has 5 nitrogen and oxygen atoms in total. The van der Waals surface area contributed by atoms with E-state index in [-0.39, 0.29) is 5.91 Å². The van der Waals surface area contributed by atoms with Gasteiger partial charge in [0.15, 0.2) is 5.58 Å². The molecule has 2 aromatic heterocycles. The standard InChI is InChI=1S/C15H20N2O3/c1-11(2)10-17-12-3-6-20-14(12)9-13(17)15(18)16-4-7-19-8-5-16/h3,6,9,11H,4-5,7-8,10H2,1-2H3. The Hall–Kier alpha value is -1.75. The van der Waals surface area contributed by atoms with E-state index in [2.05, 4.69) is 18.4 Å². The Balaban J connectivity index is 1.96. The summed E-state index contributed by atoms with van der Waals surface area (Å²) in [5.74, 6) is 0.539. The fourth-order valence-electron chi connectivity index (χ4n) is 2.64. The summed E-state index contributed by atoms with van der Waals surface area (Å²) in [7, 11) is 0. The van der Waals surface area contributed by atoms with Crippen molar-refractivity contribution in [3.8, 4) is 0 Å². The molecule has 0 spiro atoms. The van der Waals surface area contributed by atoms with Gasteiger partial charge in [0.1, 0.15) is 5.69 Å². The Bertz CT molecular complexity index is 606. The molecule has 0 unspecified atom stereocenters. The minimum Gasteiger partial charge on any atom is -0.463 e. The quantitative estimate of drug-likeness (QED) is 0.864. The number of amides is 1. The lowest BCUT2D eigenvalue weighted by Crippen LogP contribution is -2.41. The second kappa shape index (κ2) is 5.32. The number of aromatic nitrogens is 1. The number of rotatable bonds is 3. The van der Waals surface area contributed by atoms with E-state index >= 15 is 0 Å². The molecule has 0 radical (unpaired) electrons. The van der Waals surface area contributed by atoms with Crippen LogP contribution in [0, 0.1) is 5.92 Å². The van der Waals surface area contributed by atoms with Gasteiger partial charge in [0.25, 0.3) is 5.91 Å². The third-order valence-electron chi connectivity index (χ3n) is 3.59. The zero-order valence-corrected chi connectivity index (χ0v) is 12.0. The Morgan fingerprint density at radius 2 is 2.10 bits per heavy atom. The highest BCUT2D eigenvalue weighted by Gasteiger charge is 2.24. The van der Waals surface area contributed by atoms with Crippen LogP contribution < -0.4 is 0 Å². The minimum atomic E-state index is 0.0698. The summed E-state index contributed by atoms with van der Waals surface area (Å²) in [6.45, 7) is 7.66. The van der Waals surface area contributed by atoms with Crippen molar-refractivity contribution in [2.75, 3.05) is 26.3 Å². The van der Waals surface area contributed by atoms with Crippen LogP contribution in [-0.4, -0.2) is 41.7 Å². The number of fused-ring (bicyclic) bond motifs is 1. The molecule has 0 saturated carbocycles.